The summed E-state index contributed by atoms with van der Waals surface area (Å²) < 4.78 is 95.2. The monoisotopic (exact) mass is 450 g/mol. The third kappa shape index (κ3) is 5.39. The Morgan fingerprint density at radius 3 is 2.29 bits per heavy atom. The molecular weight excluding hydrogens is 433 g/mol. The van der Waals surface area contributed by atoms with Crippen molar-refractivity contribution in [3.63, 3.8) is 0 Å². The third-order valence-electron chi connectivity index (χ3n) is 4.61. The maximum absolute atomic E-state index is 13.5. The van der Waals surface area contributed by atoms with Crippen molar-refractivity contribution < 1.29 is 40.3 Å². The summed E-state index contributed by atoms with van der Waals surface area (Å²) in [6.07, 6.45) is -12.0. The molecule has 2 aromatic rings. The maximum atomic E-state index is 13.5. The predicted molar refractivity (Wildman–Crippen MR) is 98.9 cm³/mol. The number of amides is 1. The van der Waals surface area contributed by atoms with Crippen molar-refractivity contribution in [1.29, 1.82) is 0 Å². The van der Waals surface area contributed by atoms with E-state index in [9.17, 15) is 35.5 Å². The summed E-state index contributed by atoms with van der Waals surface area (Å²) in [7, 11) is 0. The van der Waals surface area contributed by atoms with Crippen LogP contribution in [0.3, 0.4) is 0 Å². The van der Waals surface area contributed by atoms with E-state index >= 15 is 0 Å². The van der Waals surface area contributed by atoms with E-state index in [4.69, 9.17) is 0 Å². The molecule has 1 saturated heterocycles. The number of ether oxygens (including phenoxy) is 1. The molecule has 0 atom stereocenters. The minimum absolute atomic E-state index is 0.0221. The van der Waals surface area contributed by atoms with E-state index in [1.807, 2.05) is 0 Å². The van der Waals surface area contributed by atoms with E-state index in [1.54, 1.807) is 4.90 Å². The lowest BCUT2D eigenvalue weighted by Gasteiger charge is -2.23. The predicted octanol–water partition coefficient (Wildman–Crippen LogP) is 5.79. The molecule has 0 aromatic heterocycles. The SMILES string of the molecule is O=C(Nc1cccc(OC(F)(F)C(F)F)c1)c1ccc(N2CCCC2)c(C(F)(F)F)c1. The van der Waals surface area contributed by atoms with Gasteiger partial charge in [0.15, 0.2) is 0 Å². The van der Waals surface area contributed by atoms with Crippen LogP contribution in [0.15, 0.2) is 42.5 Å². The molecule has 0 unspecified atom stereocenters. The van der Waals surface area contributed by atoms with Crippen LogP contribution in [0.5, 0.6) is 5.75 Å². The molecule has 1 aliphatic heterocycles. The van der Waals surface area contributed by atoms with Crippen molar-refractivity contribution >= 4 is 17.3 Å². The zero-order valence-corrected chi connectivity index (χ0v) is 15.9. The molecule has 0 bridgehead atoms. The first-order chi connectivity index (χ1) is 14.5. The highest BCUT2D eigenvalue weighted by atomic mass is 19.4. The van der Waals surface area contributed by atoms with Crippen LogP contribution in [0.1, 0.15) is 28.8 Å². The molecule has 168 valence electrons. The van der Waals surface area contributed by atoms with Crippen molar-refractivity contribution in [1.82, 2.24) is 0 Å². The van der Waals surface area contributed by atoms with Crippen LogP contribution in [0, 0.1) is 0 Å². The highest BCUT2D eigenvalue weighted by Gasteiger charge is 2.44. The number of carbonyl (C=O) groups excluding carboxylic acids is 1. The fraction of sp³-hybridized carbons (Fsp3) is 0.350. The van der Waals surface area contributed by atoms with Gasteiger partial charge >= 0.3 is 18.7 Å². The summed E-state index contributed by atoms with van der Waals surface area (Å²) >= 11 is 0. The fourth-order valence-electron chi connectivity index (χ4n) is 3.18. The molecule has 0 radical (unpaired) electrons. The summed E-state index contributed by atoms with van der Waals surface area (Å²) in [5, 5.41) is 2.25. The number of benzene rings is 2. The Morgan fingerprint density at radius 2 is 1.68 bits per heavy atom. The first-order valence-corrected chi connectivity index (χ1v) is 9.20. The van der Waals surface area contributed by atoms with Crippen LogP contribution in [0.2, 0.25) is 0 Å². The zero-order chi connectivity index (χ0) is 22.8. The second-order valence-corrected chi connectivity index (χ2v) is 6.87. The molecule has 4 nitrogen and oxygen atoms in total. The van der Waals surface area contributed by atoms with Crippen molar-refractivity contribution in [2.75, 3.05) is 23.3 Å². The highest BCUT2D eigenvalue weighted by Crippen LogP contribution is 2.38. The van der Waals surface area contributed by atoms with Crippen LogP contribution in [-0.2, 0) is 6.18 Å². The highest BCUT2D eigenvalue weighted by molar-refractivity contribution is 6.04. The quantitative estimate of drug-likeness (QED) is 0.566. The van der Waals surface area contributed by atoms with Gasteiger partial charge in [-0.05, 0) is 43.2 Å². The summed E-state index contributed by atoms with van der Waals surface area (Å²) in [6, 6.07) is 7.39. The molecule has 0 saturated carbocycles. The van der Waals surface area contributed by atoms with E-state index in [0.29, 0.717) is 19.2 Å². The number of carbonyl (C=O) groups is 1. The fourth-order valence-corrected chi connectivity index (χ4v) is 3.18. The third-order valence-corrected chi connectivity index (χ3v) is 4.61. The molecule has 1 heterocycles. The van der Waals surface area contributed by atoms with Gasteiger partial charge in [-0.25, -0.2) is 0 Å². The van der Waals surface area contributed by atoms with Crippen molar-refractivity contribution in [3.8, 4) is 5.75 Å². The van der Waals surface area contributed by atoms with Gasteiger partial charge in [0.05, 0.1) is 5.56 Å². The van der Waals surface area contributed by atoms with E-state index < -0.39 is 35.9 Å². The lowest BCUT2D eigenvalue weighted by molar-refractivity contribution is -0.253. The smallest absolute Gasteiger partial charge is 0.428 e. The lowest BCUT2D eigenvalue weighted by atomic mass is 10.1. The van der Waals surface area contributed by atoms with Crippen LogP contribution in [0.25, 0.3) is 0 Å². The second kappa shape index (κ2) is 8.64. The van der Waals surface area contributed by atoms with E-state index in [1.165, 1.54) is 18.2 Å². The van der Waals surface area contributed by atoms with Crippen molar-refractivity contribution in [2.45, 2.75) is 31.6 Å². The van der Waals surface area contributed by atoms with Gasteiger partial charge in [-0.1, -0.05) is 6.07 Å². The number of hydrogen-bond donors (Lipinski definition) is 1. The number of alkyl halides is 7. The van der Waals surface area contributed by atoms with Gasteiger partial charge in [-0.15, -0.1) is 0 Å². The van der Waals surface area contributed by atoms with Crippen molar-refractivity contribution in [3.05, 3.63) is 53.6 Å². The first-order valence-electron chi connectivity index (χ1n) is 9.20. The van der Waals surface area contributed by atoms with Gasteiger partial charge in [0.25, 0.3) is 5.91 Å². The molecule has 0 aliphatic carbocycles. The lowest BCUT2D eigenvalue weighted by Crippen LogP contribution is -2.33. The number of rotatable bonds is 6. The van der Waals surface area contributed by atoms with Crippen LogP contribution in [0.4, 0.5) is 42.1 Å². The molecule has 2 aromatic carbocycles. The standard InChI is InChI=1S/C20H17F7N2O2/c21-18(22)20(26,27)31-14-5-3-4-13(11-14)28-17(30)12-6-7-16(29-8-1-2-9-29)15(10-12)19(23,24)25/h3-7,10-11,18H,1-2,8-9H2,(H,28,30). The largest absolute Gasteiger partial charge is 0.461 e. The van der Waals surface area contributed by atoms with Gasteiger partial charge in [0, 0.05) is 36.1 Å². The van der Waals surface area contributed by atoms with Gasteiger partial charge in [0.1, 0.15) is 5.75 Å². The molecule has 11 heteroatoms. The average Bonchev–Trinajstić information content (AvgIpc) is 3.21. The number of hydrogen-bond acceptors (Lipinski definition) is 3. The second-order valence-electron chi connectivity index (χ2n) is 6.87. The van der Waals surface area contributed by atoms with Crippen LogP contribution in [-0.4, -0.2) is 31.5 Å². The zero-order valence-electron chi connectivity index (χ0n) is 15.9. The molecule has 31 heavy (non-hydrogen) atoms. The molecule has 3 rings (SSSR count). The minimum Gasteiger partial charge on any atom is -0.428 e. The van der Waals surface area contributed by atoms with Crippen molar-refractivity contribution in [2.24, 2.45) is 0 Å². The van der Waals surface area contributed by atoms with Crippen LogP contribution < -0.4 is 15.0 Å². The van der Waals surface area contributed by atoms with Crippen LogP contribution >= 0.6 is 0 Å². The Hall–Kier alpha value is -2.98. The maximum Gasteiger partial charge on any atom is 0.461 e. The number of nitrogens with zero attached hydrogens (tertiary/aromatic N) is 1. The Bertz CT molecular complexity index is 941. The van der Waals surface area contributed by atoms with Gasteiger partial charge in [-0.3, -0.25) is 4.79 Å². The summed E-state index contributed by atoms with van der Waals surface area (Å²) in [6.45, 7) is 0.954. The molecule has 0 spiro atoms. The number of nitrogens with one attached hydrogen (secondary N) is 1. The molecule has 1 fully saturated rings. The number of halogens is 7. The Morgan fingerprint density at radius 1 is 1.00 bits per heavy atom. The van der Waals surface area contributed by atoms with Gasteiger partial charge in [-0.2, -0.15) is 30.7 Å². The Labute approximate surface area is 172 Å². The number of anilines is 2. The Balaban J connectivity index is 1.81. The van der Waals surface area contributed by atoms with Gasteiger partial charge < -0.3 is 15.0 Å². The summed E-state index contributed by atoms with van der Waals surface area (Å²) in [5.74, 6) is -1.58. The summed E-state index contributed by atoms with van der Waals surface area (Å²) in [4.78, 5) is 14.0. The minimum atomic E-state index is -4.74. The first kappa shape index (κ1) is 22.7. The molecule has 1 amide bonds. The summed E-state index contributed by atoms with van der Waals surface area (Å²) in [5.41, 5.74) is -1.41. The van der Waals surface area contributed by atoms with E-state index in [-0.39, 0.29) is 16.9 Å². The normalized spacial score (nSPS) is 14.8. The molecule has 1 aliphatic rings. The van der Waals surface area contributed by atoms with E-state index in [2.05, 4.69) is 10.1 Å². The molecular formula is C20H17F7N2O2. The topological polar surface area (TPSA) is 41.6 Å². The Kier molecular flexibility index (Phi) is 6.33. The van der Waals surface area contributed by atoms with Gasteiger partial charge in [0.2, 0.25) is 0 Å². The molecule has 1 N–H and O–H groups in total. The average molecular weight is 450 g/mol. The van der Waals surface area contributed by atoms with E-state index in [0.717, 1.165) is 31.0 Å².